The fourth-order valence-electron chi connectivity index (χ4n) is 3.17. The standard InChI is InChI=1S/C22H20N4O5S2/c23-32(27,28)18-12-10-16(11-13-18)14-15-24-33(29,30)20-9-5-4-8-19(20)22-25-21(26-31-22)17-6-2-1-3-7-17/h1-13,24H,14-15H2,(H2,23,27,28). The lowest BCUT2D eigenvalue weighted by Crippen LogP contribution is -2.26. The van der Waals surface area contributed by atoms with Crippen LogP contribution in [0.4, 0.5) is 0 Å². The van der Waals surface area contributed by atoms with E-state index in [1.54, 1.807) is 30.3 Å². The monoisotopic (exact) mass is 484 g/mol. The molecule has 1 aromatic heterocycles. The van der Waals surface area contributed by atoms with Crippen molar-refractivity contribution in [3.63, 3.8) is 0 Å². The highest BCUT2D eigenvalue weighted by atomic mass is 32.2. The average Bonchev–Trinajstić information content (AvgIpc) is 3.30. The van der Waals surface area contributed by atoms with E-state index in [1.165, 1.54) is 18.2 Å². The quantitative estimate of drug-likeness (QED) is 0.391. The lowest BCUT2D eigenvalue weighted by Gasteiger charge is -2.09. The zero-order valence-electron chi connectivity index (χ0n) is 17.2. The van der Waals surface area contributed by atoms with Gasteiger partial charge in [-0.3, -0.25) is 0 Å². The Morgan fingerprint density at radius 2 is 1.52 bits per heavy atom. The summed E-state index contributed by atoms with van der Waals surface area (Å²) in [5.74, 6) is 0.446. The third-order valence-electron chi connectivity index (χ3n) is 4.82. The largest absolute Gasteiger partial charge is 0.334 e. The van der Waals surface area contributed by atoms with Crippen molar-refractivity contribution in [2.24, 2.45) is 5.14 Å². The molecule has 9 nitrogen and oxygen atoms in total. The molecule has 1 heterocycles. The first-order chi connectivity index (χ1) is 15.7. The number of nitrogens with two attached hydrogens (primary N) is 1. The van der Waals surface area contributed by atoms with Crippen molar-refractivity contribution in [2.75, 3.05) is 6.54 Å². The van der Waals surface area contributed by atoms with Gasteiger partial charge in [-0.25, -0.2) is 26.7 Å². The maximum absolute atomic E-state index is 13.0. The lowest BCUT2D eigenvalue weighted by atomic mass is 10.2. The van der Waals surface area contributed by atoms with Crippen molar-refractivity contribution in [3.05, 3.63) is 84.4 Å². The number of aromatic nitrogens is 2. The Hall–Kier alpha value is -3.38. The molecule has 170 valence electrons. The Labute approximate surface area is 191 Å². The predicted molar refractivity (Wildman–Crippen MR) is 122 cm³/mol. The van der Waals surface area contributed by atoms with Gasteiger partial charge in [0, 0.05) is 12.1 Å². The van der Waals surface area contributed by atoms with Gasteiger partial charge in [0.05, 0.1) is 15.4 Å². The van der Waals surface area contributed by atoms with Crippen molar-refractivity contribution in [2.45, 2.75) is 16.2 Å². The molecule has 0 aliphatic rings. The van der Waals surface area contributed by atoms with Gasteiger partial charge in [0.15, 0.2) is 0 Å². The number of benzene rings is 3. The van der Waals surface area contributed by atoms with Gasteiger partial charge in [-0.2, -0.15) is 4.98 Å². The molecular formula is C22H20N4O5S2. The number of hydrogen-bond donors (Lipinski definition) is 2. The number of nitrogens with one attached hydrogen (secondary N) is 1. The van der Waals surface area contributed by atoms with Gasteiger partial charge in [0.2, 0.25) is 25.9 Å². The maximum atomic E-state index is 13.0. The molecule has 11 heteroatoms. The zero-order valence-corrected chi connectivity index (χ0v) is 18.9. The molecule has 0 saturated heterocycles. The van der Waals surface area contributed by atoms with E-state index in [1.807, 2.05) is 30.3 Å². The molecule has 0 aliphatic carbocycles. The number of nitrogens with zero attached hydrogens (tertiary/aromatic N) is 2. The van der Waals surface area contributed by atoms with E-state index in [9.17, 15) is 16.8 Å². The third kappa shape index (κ3) is 5.34. The van der Waals surface area contributed by atoms with Crippen molar-refractivity contribution in [1.29, 1.82) is 0 Å². The average molecular weight is 485 g/mol. The van der Waals surface area contributed by atoms with Crippen LogP contribution in [0.1, 0.15) is 5.56 Å². The lowest BCUT2D eigenvalue weighted by molar-refractivity contribution is 0.431. The van der Waals surface area contributed by atoms with Gasteiger partial charge in [0.1, 0.15) is 0 Å². The van der Waals surface area contributed by atoms with E-state index in [-0.39, 0.29) is 27.8 Å². The van der Waals surface area contributed by atoms with Gasteiger partial charge >= 0.3 is 0 Å². The molecule has 0 saturated carbocycles. The molecule has 0 bridgehead atoms. The number of rotatable bonds is 8. The summed E-state index contributed by atoms with van der Waals surface area (Å²) >= 11 is 0. The molecule has 0 amide bonds. The van der Waals surface area contributed by atoms with E-state index < -0.39 is 20.0 Å². The smallest absolute Gasteiger partial charge is 0.259 e. The highest BCUT2D eigenvalue weighted by Crippen LogP contribution is 2.27. The summed E-state index contributed by atoms with van der Waals surface area (Å²) in [6.07, 6.45) is 0.352. The number of hydrogen-bond acceptors (Lipinski definition) is 7. The second-order valence-electron chi connectivity index (χ2n) is 7.12. The molecule has 0 aliphatic heterocycles. The Morgan fingerprint density at radius 3 is 2.21 bits per heavy atom. The van der Waals surface area contributed by atoms with Crippen LogP contribution in [0.25, 0.3) is 22.8 Å². The van der Waals surface area contributed by atoms with Crippen LogP contribution in [0.3, 0.4) is 0 Å². The molecule has 0 radical (unpaired) electrons. The van der Waals surface area contributed by atoms with Gasteiger partial charge in [-0.15, -0.1) is 0 Å². The number of sulfonamides is 2. The Morgan fingerprint density at radius 1 is 0.848 bits per heavy atom. The van der Waals surface area contributed by atoms with Crippen LogP contribution in [0.2, 0.25) is 0 Å². The topological polar surface area (TPSA) is 145 Å². The Balaban J connectivity index is 1.51. The summed E-state index contributed by atoms with van der Waals surface area (Å²) < 4.78 is 56.6. The Kier molecular flexibility index (Phi) is 6.38. The molecule has 4 rings (SSSR count). The second kappa shape index (κ2) is 9.24. The molecule has 0 fully saturated rings. The molecule has 3 aromatic carbocycles. The second-order valence-corrected chi connectivity index (χ2v) is 10.4. The summed E-state index contributed by atoms with van der Waals surface area (Å²) in [6, 6.07) is 21.5. The Bertz CT molecular complexity index is 1470. The van der Waals surface area contributed by atoms with E-state index in [4.69, 9.17) is 9.66 Å². The SMILES string of the molecule is NS(=O)(=O)c1ccc(CCNS(=O)(=O)c2ccccc2-c2nc(-c3ccccc3)no2)cc1. The summed E-state index contributed by atoms with van der Waals surface area (Å²) in [6.45, 7) is 0.102. The fraction of sp³-hybridized carbons (Fsp3) is 0.0909. The van der Waals surface area contributed by atoms with Crippen molar-refractivity contribution in [3.8, 4) is 22.8 Å². The summed E-state index contributed by atoms with van der Waals surface area (Å²) in [5, 5.41) is 9.05. The minimum atomic E-state index is -3.89. The van der Waals surface area contributed by atoms with Crippen molar-refractivity contribution >= 4 is 20.0 Å². The molecule has 0 atom stereocenters. The maximum Gasteiger partial charge on any atom is 0.259 e. The van der Waals surface area contributed by atoms with Crippen LogP contribution >= 0.6 is 0 Å². The minimum Gasteiger partial charge on any atom is -0.334 e. The highest BCUT2D eigenvalue weighted by Gasteiger charge is 2.22. The van der Waals surface area contributed by atoms with Crippen LogP contribution in [-0.4, -0.2) is 33.5 Å². The van der Waals surface area contributed by atoms with Crippen LogP contribution in [-0.2, 0) is 26.5 Å². The van der Waals surface area contributed by atoms with Crippen LogP contribution < -0.4 is 9.86 Å². The molecule has 0 spiro atoms. The van der Waals surface area contributed by atoms with Gasteiger partial charge in [0.25, 0.3) is 5.89 Å². The molecule has 3 N–H and O–H groups in total. The van der Waals surface area contributed by atoms with E-state index in [2.05, 4.69) is 14.9 Å². The van der Waals surface area contributed by atoms with E-state index >= 15 is 0 Å². The normalized spacial score (nSPS) is 12.0. The van der Waals surface area contributed by atoms with Crippen LogP contribution in [0.15, 0.2) is 93.2 Å². The van der Waals surface area contributed by atoms with Gasteiger partial charge in [-0.1, -0.05) is 59.8 Å². The molecule has 4 aromatic rings. The highest BCUT2D eigenvalue weighted by molar-refractivity contribution is 7.89. The molecule has 33 heavy (non-hydrogen) atoms. The zero-order chi connectivity index (χ0) is 23.5. The van der Waals surface area contributed by atoms with Crippen LogP contribution in [0, 0.1) is 0 Å². The van der Waals surface area contributed by atoms with Crippen molar-refractivity contribution < 1.29 is 21.4 Å². The molecular weight excluding hydrogens is 464 g/mol. The van der Waals surface area contributed by atoms with Gasteiger partial charge in [-0.05, 0) is 36.2 Å². The van der Waals surface area contributed by atoms with E-state index in [0.717, 1.165) is 11.1 Å². The third-order valence-corrected chi connectivity index (χ3v) is 7.27. The summed E-state index contributed by atoms with van der Waals surface area (Å²) in [4.78, 5) is 4.36. The predicted octanol–water partition coefficient (Wildman–Crippen LogP) is 2.57. The first-order valence-corrected chi connectivity index (χ1v) is 12.9. The fourth-order valence-corrected chi connectivity index (χ4v) is 4.91. The number of primary sulfonamides is 1. The van der Waals surface area contributed by atoms with E-state index in [0.29, 0.717) is 12.2 Å². The summed E-state index contributed by atoms with van der Waals surface area (Å²) in [5.41, 5.74) is 1.79. The first kappa shape index (κ1) is 22.8. The van der Waals surface area contributed by atoms with Crippen LogP contribution in [0.5, 0.6) is 0 Å². The van der Waals surface area contributed by atoms with Crippen molar-refractivity contribution in [1.82, 2.24) is 14.9 Å². The first-order valence-electron chi connectivity index (χ1n) is 9.84. The molecule has 0 unspecified atom stereocenters. The summed E-state index contributed by atoms with van der Waals surface area (Å²) in [7, 11) is -7.67. The van der Waals surface area contributed by atoms with Gasteiger partial charge < -0.3 is 4.52 Å². The minimum absolute atomic E-state index is 0.00446.